The summed E-state index contributed by atoms with van der Waals surface area (Å²) in [6, 6.07) is 8.69. The van der Waals surface area contributed by atoms with Gasteiger partial charge in [-0.25, -0.2) is 9.78 Å². The molecule has 9 nitrogen and oxygen atoms in total. The Morgan fingerprint density at radius 3 is 2.53 bits per heavy atom. The van der Waals surface area contributed by atoms with Crippen molar-refractivity contribution < 1.29 is 17.7 Å². The van der Waals surface area contributed by atoms with E-state index in [4.69, 9.17) is 4.52 Å². The summed E-state index contributed by atoms with van der Waals surface area (Å²) in [5, 5.41) is 3.94. The van der Waals surface area contributed by atoms with Crippen molar-refractivity contribution in [3.63, 3.8) is 0 Å². The standard InChI is InChI=1S/C22H23F3N6O3/c1-3-13(2)31-16-18(27-20(31)22(23,24)25)28-21(33)30(19(16)32)12-8-7-11-15-26-17(29-34-15)14-9-5-4-6-10-14/h4-6,9-10,13H,3,7-8,11-12H2,1-2H3,(H,28,33). The quantitative estimate of drug-likeness (QED) is 0.386. The van der Waals surface area contributed by atoms with Crippen LogP contribution in [0.15, 0.2) is 44.4 Å². The molecule has 0 amide bonds. The van der Waals surface area contributed by atoms with Crippen molar-refractivity contribution in [2.75, 3.05) is 0 Å². The largest absolute Gasteiger partial charge is 0.449 e. The maximum absolute atomic E-state index is 13.5. The predicted molar refractivity (Wildman–Crippen MR) is 117 cm³/mol. The van der Waals surface area contributed by atoms with E-state index in [0.29, 0.717) is 37.4 Å². The lowest BCUT2D eigenvalue weighted by Gasteiger charge is -2.16. The maximum Gasteiger partial charge on any atom is 0.449 e. The van der Waals surface area contributed by atoms with Crippen molar-refractivity contribution in [1.82, 2.24) is 29.2 Å². The molecule has 180 valence electrons. The summed E-state index contributed by atoms with van der Waals surface area (Å²) in [5.41, 5.74) is -1.40. The molecule has 0 aliphatic heterocycles. The molecule has 0 aliphatic rings. The number of halogens is 3. The van der Waals surface area contributed by atoms with Crippen molar-refractivity contribution in [3.8, 4) is 11.4 Å². The highest BCUT2D eigenvalue weighted by Gasteiger charge is 2.39. The third-order valence-corrected chi connectivity index (χ3v) is 5.64. The van der Waals surface area contributed by atoms with Gasteiger partial charge in [0.25, 0.3) is 5.56 Å². The SMILES string of the molecule is CCC(C)n1c(C(F)(F)F)nc2[nH]c(=O)n(CCCCc3nc(-c4ccccc4)no3)c(=O)c21. The second-order valence-electron chi connectivity index (χ2n) is 7.98. The summed E-state index contributed by atoms with van der Waals surface area (Å²) in [6.07, 6.45) is -3.06. The smallest absolute Gasteiger partial charge is 0.339 e. The molecule has 0 aliphatic carbocycles. The van der Waals surface area contributed by atoms with Crippen LogP contribution in [0.3, 0.4) is 0 Å². The molecule has 4 aromatic rings. The van der Waals surface area contributed by atoms with Gasteiger partial charge in [-0.3, -0.25) is 14.3 Å². The van der Waals surface area contributed by atoms with Crippen LogP contribution < -0.4 is 11.2 Å². The highest BCUT2D eigenvalue weighted by molar-refractivity contribution is 5.70. The van der Waals surface area contributed by atoms with Gasteiger partial charge in [-0.15, -0.1) is 0 Å². The van der Waals surface area contributed by atoms with Gasteiger partial charge in [-0.05, 0) is 26.2 Å². The van der Waals surface area contributed by atoms with Crippen molar-refractivity contribution in [2.45, 2.75) is 58.3 Å². The highest BCUT2D eigenvalue weighted by atomic mass is 19.4. The molecule has 0 radical (unpaired) electrons. The Hall–Kier alpha value is -3.70. The van der Waals surface area contributed by atoms with Gasteiger partial charge in [0.2, 0.25) is 17.5 Å². The molecule has 4 rings (SSSR count). The van der Waals surface area contributed by atoms with E-state index in [0.717, 1.165) is 14.7 Å². The van der Waals surface area contributed by atoms with Crippen LogP contribution in [0.5, 0.6) is 0 Å². The molecule has 0 bridgehead atoms. The van der Waals surface area contributed by atoms with E-state index in [1.165, 1.54) is 0 Å². The summed E-state index contributed by atoms with van der Waals surface area (Å²) in [7, 11) is 0. The lowest BCUT2D eigenvalue weighted by molar-refractivity contribution is -0.147. The summed E-state index contributed by atoms with van der Waals surface area (Å²) >= 11 is 0. The molecule has 12 heteroatoms. The van der Waals surface area contributed by atoms with Gasteiger partial charge in [-0.2, -0.15) is 18.2 Å². The van der Waals surface area contributed by atoms with Gasteiger partial charge < -0.3 is 9.09 Å². The molecule has 0 saturated heterocycles. The lowest BCUT2D eigenvalue weighted by atomic mass is 10.2. The second kappa shape index (κ2) is 9.27. The van der Waals surface area contributed by atoms with Crippen molar-refractivity contribution >= 4 is 11.2 Å². The lowest BCUT2D eigenvalue weighted by Crippen LogP contribution is -2.36. The molecule has 3 aromatic heterocycles. The monoisotopic (exact) mass is 476 g/mol. The number of hydrogen-bond donors (Lipinski definition) is 1. The van der Waals surface area contributed by atoms with E-state index in [1.807, 2.05) is 30.3 Å². The zero-order valence-electron chi connectivity index (χ0n) is 18.6. The van der Waals surface area contributed by atoms with Gasteiger partial charge in [0.1, 0.15) is 0 Å². The van der Waals surface area contributed by atoms with Crippen molar-refractivity contribution in [2.24, 2.45) is 0 Å². The molecule has 0 spiro atoms. The average Bonchev–Trinajstić information content (AvgIpc) is 3.43. The Morgan fingerprint density at radius 1 is 1.12 bits per heavy atom. The second-order valence-corrected chi connectivity index (χ2v) is 7.98. The average molecular weight is 476 g/mol. The first-order valence-electron chi connectivity index (χ1n) is 10.9. The zero-order valence-corrected chi connectivity index (χ0v) is 18.6. The first-order valence-corrected chi connectivity index (χ1v) is 10.9. The zero-order chi connectivity index (χ0) is 24.5. The van der Waals surface area contributed by atoms with Gasteiger partial charge in [0, 0.05) is 24.6 Å². The van der Waals surface area contributed by atoms with Gasteiger partial charge in [-0.1, -0.05) is 42.4 Å². The van der Waals surface area contributed by atoms with Crippen LogP contribution in [0.2, 0.25) is 0 Å². The Bertz CT molecular complexity index is 1400. The number of imidazole rings is 1. The van der Waals surface area contributed by atoms with Crippen molar-refractivity contribution in [3.05, 3.63) is 62.9 Å². The minimum atomic E-state index is -4.76. The molecule has 1 atom stereocenters. The number of hydrogen-bond acceptors (Lipinski definition) is 6. The van der Waals surface area contributed by atoms with Gasteiger partial charge in [0.15, 0.2) is 11.2 Å². The Kier molecular flexibility index (Phi) is 6.40. The number of benzene rings is 1. The van der Waals surface area contributed by atoms with Crippen LogP contribution >= 0.6 is 0 Å². The molecule has 0 fully saturated rings. The molecule has 3 heterocycles. The maximum atomic E-state index is 13.5. The Balaban J connectivity index is 1.53. The normalized spacial score (nSPS) is 13.0. The Morgan fingerprint density at radius 2 is 1.85 bits per heavy atom. The molecular formula is C22H23F3N6O3. The van der Waals surface area contributed by atoms with Crippen LogP contribution in [0.1, 0.15) is 50.9 Å². The number of H-pyrrole nitrogens is 1. The molecule has 0 saturated carbocycles. The number of unbranched alkanes of at least 4 members (excludes halogenated alkanes) is 1. The minimum absolute atomic E-state index is 0.0246. The number of rotatable bonds is 8. The highest BCUT2D eigenvalue weighted by Crippen LogP contribution is 2.32. The number of alkyl halides is 3. The van der Waals surface area contributed by atoms with E-state index >= 15 is 0 Å². The molecule has 1 aromatic carbocycles. The number of aromatic nitrogens is 6. The fourth-order valence-corrected chi connectivity index (χ4v) is 3.73. The number of aryl methyl sites for hydroxylation is 1. The summed E-state index contributed by atoms with van der Waals surface area (Å²) < 4.78 is 47.6. The van der Waals surface area contributed by atoms with E-state index in [2.05, 4.69) is 20.1 Å². The van der Waals surface area contributed by atoms with Crippen LogP contribution in [0, 0.1) is 0 Å². The minimum Gasteiger partial charge on any atom is -0.339 e. The topological polar surface area (TPSA) is 112 Å². The van der Waals surface area contributed by atoms with E-state index in [1.54, 1.807) is 13.8 Å². The predicted octanol–water partition coefficient (Wildman–Crippen LogP) is 3.95. The Labute approximate surface area is 191 Å². The van der Waals surface area contributed by atoms with Crippen LogP contribution in [0.4, 0.5) is 13.2 Å². The fourth-order valence-electron chi connectivity index (χ4n) is 3.73. The fraction of sp³-hybridized carbons (Fsp3) is 0.409. The molecular weight excluding hydrogens is 453 g/mol. The number of nitrogens with zero attached hydrogens (tertiary/aromatic N) is 5. The van der Waals surface area contributed by atoms with Crippen LogP contribution in [-0.2, 0) is 19.1 Å². The number of fused-ring (bicyclic) bond motifs is 1. The van der Waals surface area contributed by atoms with Crippen LogP contribution in [-0.4, -0.2) is 29.2 Å². The van der Waals surface area contributed by atoms with Gasteiger partial charge >= 0.3 is 11.9 Å². The molecule has 1 unspecified atom stereocenters. The number of aromatic amines is 1. The summed E-state index contributed by atoms with van der Waals surface area (Å²) in [5.74, 6) is -0.319. The first-order chi connectivity index (χ1) is 16.2. The van der Waals surface area contributed by atoms with Crippen molar-refractivity contribution in [1.29, 1.82) is 0 Å². The van der Waals surface area contributed by atoms with E-state index < -0.39 is 29.3 Å². The molecule has 34 heavy (non-hydrogen) atoms. The molecule has 1 N–H and O–H groups in total. The van der Waals surface area contributed by atoms with E-state index in [-0.39, 0.29) is 17.7 Å². The summed E-state index contributed by atoms with van der Waals surface area (Å²) in [4.78, 5) is 35.6. The summed E-state index contributed by atoms with van der Waals surface area (Å²) in [6.45, 7) is 3.30. The van der Waals surface area contributed by atoms with Gasteiger partial charge in [0.05, 0.1) is 0 Å². The number of nitrogens with one attached hydrogen (secondary N) is 1. The van der Waals surface area contributed by atoms with Crippen LogP contribution in [0.25, 0.3) is 22.6 Å². The van der Waals surface area contributed by atoms with E-state index in [9.17, 15) is 22.8 Å². The third kappa shape index (κ3) is 4.52. The third-order valence-electron chi connectivity index (χ3n) is 5.64. The first kappa shape index (κ1) is 23.5.